The van der Waals surface area contributed by atoms with Gasteiger partial charge in [0.1, 0.15) is 0 Å². The number of hydrogen-bond donors (Lipinski definition) is 2. The highest BCUT2D eigenvalue weighted by Gasteiger charge is 2.44. The second kappa shape index (κ2) is 5.90. The molecule has 1 heterocycles. The highest BCUT2D eigenvalue weighted by molar-refractivity contribution is 5.85. The summed E-state index contributed by atoms with van der Waals surface area (Å²) in [4.78, 5) is 25.5. The van der Waals surface area contributed by atoms with Gasteiger partial charge in [-0.25, -0.2) is 0 Å². The molecule has 2 N–H and O–H groups in total. The maximum absolute atomic E-state index is 12.3. The summed E-state index contributed by atoms with van der Waals surface area (Å²) >= 11 is 0. The van der Waals surface area contributed by atoms with Gasteiger partial charge in [-0.15, -0.1) is 0 Å². The van der Waals surface area contributed by atoms with Crippen molar-refractivity contribution in [2.75, 3.05) is 19.7 Å². The number of aliphatic hydroxyl groups excluding tert-OH is 1. The van der Waals surface area contributed by atoms with Gasteiger partial charge in [-0.2, -0.15) is 0 Å². The first kappa shape index (κ1) is 14.3. The number of aliphatic carboxylic acids is 1. The van der Waals surface area contributed by atoms with Crippen molar-refractivity contribution in [3.05, 3.63) is 0 Å². The molecule has 108 valence electrons. The van der Waals surface area contributed by atoms with Crippen LogP contribution in [0.25, 0.3) is 0 Å². The van der Waals surface area contributed by atoms with Gasteiger partial charge in [-0.3, -0.25) is 9.59 Å². The smallest absolute Gasteiger partial charge is 0.310 e. The van der Waals surface area contributed by atoms with Crippen LogP contribution >= 0.6 is 0 Å². The molecule has 1 unspecified atom stereocenters. The number of rotatable bonds is 5. The fourth-order valence-corrected chi connectivity index (χ4v) is 3.40. The second-order valence-electron chi connectivity index (χ2n) is 5.98. The number of likely N-dealkylation sites (tertiary alicyclic amines) is 1. The van der Waals surface area contributed by atoms with Gasteiger partial charge in [0.25, 0.3) is 0 Å². The highest BCUT2D eigenvalue weighted by atomic mass is 16.4. The van der Waals surface area contributed by atoms with Gasteiger partial charge in [-0.1, -0.05) is 12.8 Å². The lowest BCUT2D eigenvalue weighted by Crippen LogP contribution is -2.37. The summed E-state index contributed by atoms with van der Waals surface area (Å²) in [7, 11) is 0. The van der Waals surface area contributed by atoms with Crippen molar-refractivity contribution in [2.45, 2.75) is 44.9 Å². The van der Waals surface area contributed by atoms with E-state index in [1.165, 1.54) is 0 Å². The van der Waals surface area contributed by atoms with Crippen molar-refractivity contribution < 1.29 is 19.8 Å². The number of carboxylic acids is 1. The molecule has 0 aromatic rings. The van der Waals surface area contributed by atoms with Gasteiger partial charge in [-0.05, 0) is 31.6 Å². The Morgan fingerprint density at radius 3 is 2.53 bits per heavy atom. The maximum Gasteiger partial charge on any atom is 0.310 e. The van der Waals surface area contributed by atoms with Gasteiger partial charge in [0.2, 0.25) is 5.91 Å². The SMILES string of the molecule is O=C(CC1(C(=O)O)CCCC1)N1CCC(CCO)C1. The summed E-state index contributed by atoms with van der Waals surface area (Å²) in [6.45, 7) is 1.54. The minimum atomic E-state index is -0.815. The average Bonchev–Trinajstić information content (AvgIpc) is 2.99. The molecule has 1 aliphatic carbocycles. The van der Waals surface area contributed by atoms with Gasteiger partial charge in [0, 0.05) is 26.1 Å². The lowest BCUT2D eigenvalue weighted by molar-refractivity contribution is -0.153. The largest absolute Gasteiger partial charge is 0.481 e. The van der Waals surface area contributed by atoms with E-state index in [2.05, 4.69) is 0 Å². The zero-order valence-corrected chi connectivity index (χ0v) is 11.3. The molecule has 1 saturated heterocycles. The molecule has 2 aliphatic rings. The van der Waals surface area contributed by atoms with Crippen LogP contribution in [0.1, 0.15) is 44.9 Å². The molecule has 1 amide bonds. The quantitative estimate of drug-likeness (QED) is 0.787. The Morgan fingerprint density at radius 2 is 1.95 bits per heavy atom. The summed E-state index contributed by atoms with van der Waals surface area (Å²) in [6, 6.07) is 0. The summed E-state index contributed by atoms with van der Waals surface area (Å²) in [6.07, 6.45) is 4.87. The van der Waals surface area contributed by atoms with Crippen LogP contribution in [0.3, 0.4) is 0 Å². The minimum Gasteiger partial charge on any atom is -0.481 e. The lowest BCUT2D eigenvalue weighted by atomic mass is 9.82. The van der Waals surface area contributed by atoms with Gasteiger partial charge < -0.3 is 15.1 Å². The van der Waals surface area contributed by atoms with Crippen molar-refractivity contribution in [1.29, 1.82) is 0 Å². The maximum atomic E-state index is 12.3. The van der Waals surface area contributed by atoms with Crippen LogP contribution in [0.5, 0.6) is 0 Å². The molecular formula is C14H23NO4. The summed E-state index contributed by atoms with van der Waals surface area (Å²) < 4.78 is 0. The van der Waals surface area contributed by atoms with Crippen LogP contribution in [-0.4, -0.2) is 46.7 Å². The first-order valence-corrected chi connectivity index (χ1v) is 7.19. The second-order valence-corrected chi connectivity index (χ2v) is 5.98. The van der Waals surface area contributed by atoms with Crippen molar-refractivity contribution in [1.82, 2.24) is 4.90 Å². The van der Waals surface area contributed by atoms with Crippen molar-refractivity contribution in [2.24, 2.45) is 11.3 Å². The van der Waals surface area contributed by atoms with Crippen LogP contribution in [0.15, 0.2) is 0 Å². The zero-order chi connectivity index (χ0) is 13.9. The van der Waals surface area contributed by atoms with Crippen LogP contribution in [0.4, 0.5) is 0 Å². The van der Waals surface area contributed by atoms with E-state index in [0.29, 0.717) is 31.8 Å². The van der Waals surface area contributed by atoms with Crippen LogP contribution in [0.2, 0.25) is 0 Å². The Kier molecular flexibility index (Phi) is 4.45. The zero-order valence-electron chi connectivity index (χ0n) is 11.3. The number of carboxylic acid groups (broad SMARTS) is 1. The number of carbonyl (C=O) groups excluding carboxylic acids is 1. The summed E-state index contributed by atoms with van der Waals surface area (Å²) in [5.41, 5.74) is -0.813. The van der Waals surface area contributed by atoms with E-state index < -0.39 is 11.4 Å². The number of amides is 1. The molecule has 19 heavy (non-hydrogen) atoms. The monoisotopic (exact) mass is 269 g/mol. The molecule has 0 spiro atoms. The first-order valence-electron chi connectivity index (χ1n) is 7.19. The Hall–Kier alpha value is -1.10. The van der Waals surface area contributed by atoms with Crippen molar-refractivity contribution >= 4 is 11.9 Å². The van der Waals surface area contributed by atoms with Crippen molar-refractivity contribution in [3.63, 3.8) is 0 Å². The molecular weight excluding hydrogens is 246 g/mol. The molecule has 0 aromatic heterocycles. The normalized spacial score (nSPS) is 25.7. The van der Waals surface area contributed by atoms with E-state index in [1.54, 1.807) is 4.90 Å². The Morgan fingerprint density at radius 1 is 1.26 bits per heavy atom. The molecule has 0 radical (unpaired) electrons. The average molecular weight is 269 g/mol. The Bertz CT molecular complexity index is 349. The summed E-state index contributed by atoms with van der Waals surface area (Å²) in [5, 5.41) is 18.3. The molecule has 1 aliphatic heterocycles. The van der Waals surface area contributed by atoms with E-state index in [1.807, 2.05) is 0 Å². The number of carbonyl (C=O) groups is 2. The topological polar surface area (TPSA) is 77.8 Å². The number of aliphatic hydroxyl groups is 1. The molecule has 5 nitrogen and oxygen atoms in total. The predicted octanol–water partition coefficient (Wildman–Crippen LogP) is 1.25. The van der Waals surface area contributed by atoms with E-state index in [-0.39, 0.29) is 18.9 Å². The third-order valence-electron chi connectivity index (χ3n) is 4.68. The molecule has 1 saturated carbocycles. The fourth-order valence-electron chi connectivity index (χ4n) is 3.40. The molecule has 5 heteroatoms. The molecule has 1 atom stereocenters. The third kappa shape index (κ3) is 3.08. The van der Waals surface area contributed by atoms with Gasteiger partial charge in [0.05, 0.1) is 5.41 Å². The Labute approximate surface area is 113 Å². The van der Waals surface area contributed by atoms with Gasteiger partial charge in [0.15, 0.2) is 0 Å². The van der Waals surface area contributed by atoms with E-state index in [9.17, 15) is 14.7 Å². The molecule has 0 bridgehead atoms. The number of hydrogen-bond acceptors (Lipinski definition) is 3. The van der Waals surface area contributed by atoms with Crippen LogP contribution in [0, 0.1) is 11.3 Å². The lowest BCUT2D eigenvalue weighted by Gasteiger charge is -2.26. The van der Waals surface area contributed by atoms with E-state index in [4.69, 9.17) is 5.11 Å². The third-order valence-corrected chi connectivity index (χ3v) is 4.68. The van der Waals surface area contributed by atoms with Crippen molar-refractivity contribution in [3.8, 4) is 0 Å². The minimum absolute atomic E-state index is 0.0234. The number of nitrogens with zero attached hydrogens (tertiary/aromatic N) is 1. The van der Waals surface area contributed by atoms with E-state index in [0.717, 1.165) is 25.7 Å². The molecule has 0 aromatic carbocycles. The predicted molar refractivity (Wildman–Crippen MR) is 69.5 cm³/mol. The standard InChI is InChI=1S/C14H23NO4/c16-8-4-11-3-7-15(10-11)12(17)9-14(13(18)19)5-1-2-6-14/h11,16H,1-10H2,(H,18,19). The summed E-state index contributed by atoms with van der Waals surface area (Å²) in [5.74, 6) is -0.465. The van der Waals surface area contributed by atoms with E-state index >= 15 is 0 Å². The van der Waals surface area contributed by atoms with Crippen LogP contribution < -0.4 is 0 Å². The molecule has 2 fully saturated rings. The molecule has 2 rings (SSSR count). The Balaban J connectivity index is 1.92. The first-order chi connectivity index (χ1) is 9.07. The van der Waals surface area contributed by atoms with Crippen LogP contribution in [-0.2, 0) is 9.59 Å². The highest BCUT2D eigenvalue weighted by Crippen LogP contribution is 2.42. The van der Waals surface area contributed by atoms with Gasteiger partial charge >= 0.3 is 5.97 Å². The fraction of sp³-hybridized carbons (Fsp3) is 0.857.